The Kier molecular flexibility index (Phi) is 5.28. The van der Waals surface area contributed by atoms with Gasteiger partial charge in [0.1, 0.15) is 10.6 Å². The molecule has 1 unspecified atom stereocenters. The predicted molar refractivity (Wildman–Crippen MR) is 107 cm³/mol. The third kappa shape index (κ3) is 4.21. The molecule has 0 radical (unpaired) electrons. The van der Waals surface area contributed by atoms with Gasteiger partial charge in [0.2, 0.25) is 5.91 Å². The van der Waals surface area contributed by atoms with Gasteiger partial charge in [0.25, 0.3) is 0 Å². The van der Waals surface area contributed by atoms with E-state index in [0.29, 0.717) is 24.1 Å². The molecule has 1 saturated heterocycles. The molecule has 1 fully saturated rings. The van der Waals surface area contributed by atoms with E-state index in [1.165, 1.54) is 22.2 Å². The summed E-state index contributed by atoms with van der Waals surface area (Å²) in [6.45, 7) is 6.09. The summed E-state index contributed by atoms with van der Waals surface area (Å²) in [5.74, 6) is 0.703. The fourth-order valence-electron chi connectivity index (χ4n) is 3.43. The van der Waals surface area contributed by atoms with Crippen molar-refractivity contribution in [1.82, 2.24) is 15.3 Å². The van der Waals surface area contributed by atoms with Gasteiger partial charge in [-0.1, -0.05) is 11.8 Å². The van der Waals surface area contributed by atoms with Gasteiger partial charge in [0.05, 0.1) is 29.5 Å². The molecule has 2 aliphatic heterocycles. The van der Waals surface area contributed by atoms with E-state index in [1.54, 1.807) is 11.3 Å². The van der Waals surface area contributed by atoms with Crippen molar-refractivity contribution in [3.63, 3.8) is 0 Å². The Bertz CT molecular complexity index is 862. The number of ether oxygens (including phenoxy) is 2. The fraction of sp³-hybridized carbons (Fsp3) is 0.611. The maximum Gasteiger partial charge on any atom is 0.230 e. The molecule has 2 aromatic rings. The second-order valence-corrected chi connectivity index (χ2v) is 9.55. The maximum atomic E-state index is 12.1. The molecule has 1 atom stereocenters. The van der Waals surface area contributed by atoms with Crippen molar-refractivity contribution >= 4 is 45.0 Å². The number of carbonyl (C=O) groups is 1. The summed E-state index contributed by atoms with van der Waals surface area (Å²) < 4.78 is 11.4. The van der Waals surface area contributed by atoms with Gasteiger partial charge in [-0.2, -0.15) is 0 Å². The Morgan fingerprint density at radius 1 is 1.44 bits per heavy atom. The fourth-order valence-corrected chi connectivity index (χ4v) is 5.28. The number of fused-ring (bicyclic) bond motifs is 3. The lowest BCUT2D eigenvalue weighted by atomic mass is 9.94. The van der Waals surface area contributed by atoms with Crippen molar-refractivity contribution in [1.29, 1.82) is 0 Å². The Morgan fingerprint density at radius 2 is 2.30 bits per heavy atom. The van der Waals surface area contributed by atoms with Crippen molar-refractivity contribution in [2.75, 3.05) is 24.6 Å². The molecule has 0 saturated carbocycles. The summed E-state index contributed by atoms with van der Waals surface area (Å²) in [5.41, 5.74) is 7.24. The lowest BCUT2D eigenvalue weighted by molar-refractivity contribution is -0.119. The number of nitrogens with one attached hydrogen (secondary N) is 1. The van der Waals surface area contributed by atoms with Crippen molar-refractivity contribution in [2.45, 2.75) is 56.6 Å². The van der Waals surface area contributed by atoms with E-state index in [1.807, 2.05) is 0 Å². The van der Waals surface area contributed by atoms with E-state index >= 15 is 0 Å². The normalized spacial score (nSPS) is 21.3. The molecule has 0 aromatic carbocycles. The summed E-state index contributed by atoms with van der Waals surface area (Å²) in [5, 5.41) is 4.39. The molecule has 4 heterocycles. The third-order valence-corrected chi connectivity index (χ3v) is 6.77. The summed E-state index contributed by atoms with van der Waals surface area (Å²) in [6.07, 6.45) is 3.02. The van der Waals surface area contributed by atoms with Crippen LogP contribution in [0.2, 0.25) is 0 Å². The largest absolute Gasteiger partial charge is 0.383 e. The minimum atomic E-state index is -0.206. The van der Waals surface area contributed by atoms with Crippen molar-refractivity contribution in [2.24, 2.45) is 0 Å². The Balaban J connectivity index is 1.43. The maximum absolute atomic E-state index is 12.1. The second-order valence-electron chi connectivity index (χ2n) is 7.53. The molecule has 3 N–H and O–H groups in total. The van der Waals surface area contributed by atoms with Crippen LogP contribution in [0, 0.1) is 0 Å². The van der Waals surface area contributed by atoms with Gasteiger partial charge in [0, 0.05) is 24.4 Å². The standard InChI is InChI=1S/C18H24N4O3S2/c1-18(2)6-11-12(8-25-18)27-16-14(11)15(19)21-17(22-16)26-9-13(23)20-7-10-4-3-5-24-10/h10H,3-9H2,1-2H3,(H,20,23)(H2,19,21,22). The third-order valence-electron chi connectivity index (χ3n) is 4.82. The number of nitrogen functional groups attached to an aromatic ring is 1. The topological polar surface area (TPSA) is 99.4 Å². The molecule has 9 heteroatoms. The van der Waals surface area contributed by atoms with Crippen LogP contribution in [-0.2, 0) is 27.3 Å². The number of rotatable bonds is 5. The Morgan fingerprint density at radius 3 is 3.07 bits per heavy atom. The van der Waals surface area contributed by atoms with E-state index in [9.17, 15) is 4.79 Å². The monoisotopic (exact) mass is 408 g/mol. The van der Waals surface area contributed by atoms with Crippen LogP contribution in [-0.4, -0.2) is 46.5 Å². The molecule has 0 spiro atoms. The number of amides is 1. The van der Waals surface area contributed by atoms with Gasteiger partial charge >= 0.3 is 0 Å². The highest BCUT2D eigenvalue weighted by Gasteiger charge is 2.30. The van der Waals surface area contributed by atoms with Crippen LogP contribution >= 0.6 is 23.1 Å². The van der Waals surface area contributed by atoms with E-state index in [4.69, 9.17) is 15.2 Å². The molecule has 0 aliphatic carbocycles. The summed E-state index contributed by atoms with van der Waals surface area (Å²) in [6, 6.07) is 0. The van der Waals surface area contributed by atoms with Crippen molar-refractivity contribution in [3.05, 3.63) is 10.4 Å². The van der Waals surface area contributed by atoms with Crippen LogP contribution in [0.1, 0.15) is 37.1 Å². The number of hydrogen-bond donors (Lipinski definition) is 2. The molecule has 27 heavy (non-hydrogen) atoms. The molecular formula is C18H24N4O3S2. The van der Waals surface area contributed by atoms with E-state index in [2.05, 4.69) is 29.1 Å². The van der Waals surface area contributed by atoms with E-state index in [0.717, 1.165) is 36.1 Å². The highest BCUT2D eigenvalue weighted by Crippen LogP contribution is 2.40. The van der Waals surface area contributed by atoms with Crippen LogP contribution in [0.3, 0.4) is 0 Å². The van der Waals surface area contributed by atoms with Gasteiger partial charge in [-0.05, 0) is 32.3 Å². The van der Waals surface area contributed by atoms with Crippen LogP contribution in [0.15, 0.2) is 5.16 Å². The van der Waals surface area contributed by atoms with Crippen molar-refractivity contribution < 1.29 is 14.3 Å². The van der Waals surface area contributed by atoms with Crippen molar-refractivity contribution in [3.8, 4) is 0 Å². The first kappa shape index (κ1) is 18.9. The van der Waals surface area contributed by atoms with Gasteiger partial charge in [-0.15, -0.1) is 11.3 Å². The van der Waals surface area contributed by atoms with Crippen LogP contribution < -0.4 is 11.1 Å². The molecule has 146 valence electrons. The zero-order valence-corrected chi connectivity index (χ0v) is 17.2. The first-order valence-corrected chi connectivity index (χ1v) is 10.9. The number of nitrogens with zero attached hydrogens (tertiary/aromatic N) is 2. The summed E-state index contributed by atoms with van der Waals surface area (Å²) in [4.78, 5) is 23.2. The number of thiophene rings is 1. The smallest absolute Gasteiger partial charge is 0.230 e. The molecule has 4 rings (SSSR count). The molecule has 2 aliphatic rings. The van der Waals surface area contributed by atoms with Crippen LogP contribution in [0.4, 0.5) is 5.82 Å². The molecule has 0 bridgehead atoms. The molecular weight excluding hydrogens is 384 g/mol. The van der Waals surface area contributed by atoms with Gasteiger partial charge in [-0.25, -0.2) is 9.97 Å². The average Bonchev–Trinajstić information content (AvgIpc) is 3.24. The van der Waals surface area contributed by atoms with Gasteiger partial charge in [-0.3, -0.25) is 4.79 Å². The number of hydrogen-bond acceptors (Lipinski definition) is 8. The number of thioether (sulfide) groups is 1. The lowest BCUT2D eigenvalue weighted by Gasteiger charge is -2.30. The quantitative estimate of drug-likeness (QED) is 0.579. The van der Waals surface area contributed by atoms with Gasteiger partial charge in [0.15, 0.2) is 5.16 Å². The average molecular weight is 409 g/mol. The molecule has 2 aromatic heterocycles. The first-order chi connectivity index (χ1) is 12.9. The number of anilines is 1. The lowest BCUT2D eigenvalue weighted by Crippen LogP contribution is -2.32. The van der Waals surface area contributed by atoms with E-state index < -0.39 is 0 Å². The first-order valence-electron chi connectivity index (χ1n) is 9.14. The van der Waals surface area contributed by atoms with Crippen LogP contribution in [0.5, 0.6) is 0 Å². The Hall–Kier alpha value is -1.42. The minimum Gasteiger partial charge on any atom is -0.383 e. The second kappa shape index (κ2) is 7.54. The predicted octanol–water partition coefficient (Wildman–Crippen LogP) is 2.51. The Labute approximate surface area is 166 Å². The number of nitrogens with two attached hydrogens (primary N) is 1. The zero-order chi connectivity index (χ0) is 19.0. The zero-order valence-electron chi connectivity index (χ0n) is 15.5. The number of aromatic nitrogens is 2. The molecule has 1 amide bonds. The molecule has 7 nitrogen and oxygen atoms in total. The minimum absolute atomic E-state index is 0.0432. The highest BCUT2D eigenvalue weighted by atomic mass is 32.2. The number of carbonyl (C=O) groups excluding carboxylic acids is 1. The summed E-state index contributed by atoms with van der Waals surface area (Å²) in [7, 11) is 0. The van der Waals surface area contributed by atoms with Crippen LogP contribution in [0.25, 0.3) is 10.2 Å². The SMILES string of the molecule is CC1(C)Cc2c(sc3nc(SCC(=O)NCC4CCCO4)nc(N)c23)CO1. The van der Waals surface area contributed by atoms with Gasteiger partial charge < -0.3 is 20.5 Å². The highest BCUT2D eigenvalue weighted by molar-refractivity contribution is 7.99. The van der Waals surface area contributed by atoms with E-state index in [-0.39, 0.29) is 23.4 Å². The summed E-state index contributed by atoms with van der Waals surface area (Å²) >= 11 is 2.91.